The van der Waals surface area contributed by atoms with E-state index in [1.807, 2.05) is 27.7 Å². The molecule has 2 atom stereocenters. The first-order valence-electron chi connectivity index (χ1n) is 6.90. The summed E-state index contributed by atoms with van der Waals surface area (Å²) in [5.41, 5.74) is -0.814. The van der Waals surface area contributed by atoms with E-state index in [0.717, 1.165) is 17.8 Å². The summed E-state index contributed by atoms with van der Waals surface area (Å²) >= 11 is 0.726. The number of alkyl halides is 3. The van der Waals surface area contributed by atoms with Crippen LogP contribution in [0.15, 0.2) is 6.20 Å². The monoisotopic (exact) mass is 319 g/mol. The average Bonchev–Trinajstić information content (AvgIpc) is 2.87. The number of thiazole rings is 1. The van der Waals surface area contributed by atoms with Crippen molar-refractivity contribution in [1.29, 1.82) is 0 Å². The fourth-order valence-corrected chi connectivity index (χ4v) is 3.47. The molecule has 1 saturated heterocycles. The predicted molar refractivity (Wildman–Crippen MR) is 74.3 cm³/mol. The molecule has 2 aliphatic rings. The summed E-state index contributed by atoms with van der Waals surface area (Å²) in [6.07, 6.45) is -2.24. The molecule has 0 radical (unpaired) electrons. The van der Waals surface area contributed by atoms with E-state index < -0.39 is 22.4 Å². The van der Waals surface area contributed by atoms with E-state index >= 15 is 0 Å². The molecule has 0 amide bonds. The summed E-state index contributed by atoms with van der Waals surface area (Å²) < 4.78 is 49.7. The van der Waals surface area contributed by atoms with Gasteiger partial charge in [-0.2, -0.15) is 13.2 Å². The lowest BCUT2D eigenvalue weighted by molar-refractivity contribution is -0.137. The third kappa shape index (κ3) is 2.62. The molecule has 0 aromatic carbocycles. The van der Waals surface area contributed by atoms with Crippen LogP contribution in [0.3, 0.4) is 0 Å². The Morgan fingerprint density at radius 3 is 2.29 bits per heavy atom. The Balaban J connectivity index is 1.69. The van der Waals surface area contributed by atoms with Gasteiger partial charge in [0.05, 0.1) is 11.2 Å². The fraction of sp³-hybridized carbons (Fsp3) is 0.769. The van der Waals surface area contributed by atoms with Gasteiger partial charge < -0.3 is 9.31 Å². The van der Waals surface area contributed by atoms with Crippen molar-refractivity contribution >= 4 is 18.5 Å². The lowest BCUT2D eigenvalue weighted by Crippen LogP contribution is -2.41. The van der Waals surface area contributed by atoms with Crippen LogP contribution in [-0.2, 0) is 15.5 Å². The smallest absolute Gasteiger partial charge is 0.403 e. The number of hydrogen-bond donors (Lipinski definition) is 0. The van der Waals surface area contributed by atoms with Gasteiger partial charge in [-0.05, 0) is 40.0 Å². The topological polar surface area (TPSA) is 31.4 Å². The highest BCUT2D eigenvalue weighted by Crippen LogP contribution is 2.59. The Hall–Kier alpha value is -0.595. The van der Waals surface area contributed by atoms with Crippen LogP contribution in [0, 0.1) is 0 Å². The van der Waals surface area contributed by atoms with Gasteiger partial charge >= 0.3 is 13.3 Å². The summed E-state index contributed by atoms with van der Waals surface area (Å²) in [6.45, 7) is 7.88. The fourth-order valence-electron chi connectivity index (χ4n) is 2.50. The van der Waals surface area contributed by atoms with Crippen molar-refractivity contribution in [1.82, 2.24) is 4.98 Å². The van der Waals surface area contributed by atoms with Gasteiger partial charge in [0.1, 0.15) is 0 Å². The number of halogens is 3. The molecular weight excluding hydrogens is 302 g/mol. The van der Waals surface area contributed by atoms with Crippen molar-refractivity contribution in [3.63, 3.8) is 0 Å². The molecule has 3 nitrogen and oxygen atoms in total. The molecule has 2 fully saturated rings. The first kappa shape index (κ1) is 15.3. The van der Waals surface area contributed by atoms with Crippen molar-refractivity contribution in [2.75, 3.05) is 0 Å². The molecule has 116 valence electrons. The molecule has 3 rings (SSSR count). The quantitative estimate of drug-likeness (QED) is 0.769. The summed E-state index contributed by atoms with van der Waals surface area (Å²) in [5, 5.41) is -0.780. The van der Waals surface area contributed by atoms with E-state index in [1.54, 1.807) is 0 Å². The highest BCUT2D eigenvalue weighted by molar-refractivity contribution is 7.11. The van der Waals surface area contributed by atoms with Gasteiger partial charge in [-0.15, -0.1) is 11.3 Å². The van der Waals surface area contributed by atoms with E-state index in [1.165, 1.54) is 6.20 Å². The second-order valence-electron chi connectivity index (χ2n) is 6.70. The Morgan fingerprint density at radius 1 is 1.24 bits per heavy atom. The lowest BCUT2D eigenvalue weighted by Gasteiger charge is -2.32. The maximum atomic E-state index is 12.6. The molecule has 2 heterocycles. The normalized spacial score (nSPS) is 30.7. The molecule has 8 heteroatoms. The van der Waals surface area contributed by atoms with Crippen molar-refractivity contribution in [3.05, 3.63) is 16.1 Å². The van der Waals surface area contributed by atoms with E-state index in [0.29, 0.717) is 4.88 Å². The van der Waals surface area contributed by atoms with Crippen molar-refractivity contribution in [3.8, 4) is 0 Å². The van der Waals surface area contributed by atoms with Crippen LogP contribution < -0.4 is 0 Å². The van der Waals surface area contributed by atoms with Crippen LogP contribution in [0.1, 0.15) is 49.9 Å². The first-order valence-corrected chi connectivity index (χ1v) is 7.71. The summed E-state index contributed by atoms with van der Waals surface area (Å²) in [5.74, 6) is 0.181. The van der Waals surface area contributed by atoms with E-state index in [2.05, 4.69) is 4.98 Å². The van der Waals surface area contributed by atoms with Crippen molar-refractivity contribution < 1.29 is 22.5 Å². The molecule has 1 aromatic rings. The molecule has 21 heavy (non-hydrogen) atoms. The van der Waals surface area contributed by atoms with Gasteiger partial charge in [0, 0.05) is 16.9 Å². The second kappa shape index (κ2) is 4.46. The Morgan fingerprint density at radius 2 is 1.81 bits per heavy atom. The maximum absolute atomic E-state index is 12.6. The maximum Gasteiger partial charge on any atom is 0.461 e. The van der Waals surface area contributed by atoms with Crippen LogP contribution in [0.2, 0.25) is 5.82 Å². The second-order valence-corrected chi connectivity index (χ2v) is 7.76. The number of rotatable bonds is 2. The zero-order valence-electron chi connectivity index (χ0n) is 12.3. The van der Waals surface area contributed by atoms with Gasteiger partial charge in [0.25, 0.3) is 0 Å². The van der Waals surface area contributed by atoms with Crippen LogP contribution in [0.25, 0.3) is 0 Å². The molecule has 0 N–H and O–H groups in total. The minimum atomic E-state index is -4.36. The molecule has 0 bridgehead atoms. The van der Waals surface area contributed by atoms with Gasteiger partial charge in [-0.3, -0.25) is 0 Å². The Kier molecular flexibility index (Phi) is 3.25. The van der Waals surface area contributed by atoms with Crippen LogP contribution in [0.4, 0.5) is 13.2 Å². The summed E-state index contributed by atoms with van der Waals surface area (Å²) in [7, 11) is -0.351. The van der Waals surface area contributed by atoms with Crippen LogP contribution >= 0.6 is 11.3 Å². The van der Waals surface area contributed by atoms with Gasteiger partial charge in [-0.25, -0.2) is 4.98 Å². The number of hydrogen-bond acceptors (Lipinski definition) is 4. The Bertz CT molecular complexity index is 542. The third-order valence-corrected chi connectivity index (χ3v) is 5.77. The van der Waals surface area contributed by atoms with E-state index in [9.17, 15) is 13.2 Å². The SMILES string of the molecule is CC1(C)OB([C@@H]2C[C@H]2c2cnc(C(F)(F)F)s2)OC1(C)C. The lowest BCUT2D eigenvalue weighted by atomic mass is 9.80. The van der Waals surface area contributed by atoms with Crippen LogP contribution in [0.5, 0.6) is 0 Å². The molecule has 1 saturated carbocycles. The standard InChI is InChI=1S/C13H17BF3NO2S/c1-11(2)12(3,4)20-14(19-11)8-5-7(8)9-6-18-10(21-9)13(15,16)17/h6-8H,5H2,1-4H3/t7-,8-/m1/s1. The molecule has 0 unspecified atom stereocenters. The largest absolute Gasteiger partial charge is 0.461 e. The highest BCUT2D eigenvalue weighted by atomic mass is 32.1. The molecular formula is C13H17BF3NO2S. The van der Waals surface area contributed by atoms with Crippen molar-refractivity contribution in [2.45, 2.75) is 63.2 Å². The van der Waals surface area contributed by atoms with E-state index in [4.69, 9.17) is 9.31 Å². The number of aromatic nitrogens is 1. The third-order valence-electron chi connectivity index (χ3n) is 4.59. The highest BCUT2D eigenvalue weighted by Gasteiger charge is 2.60. The minimum Gasteiger partial charge on any atom is -0.403 e. The van der Waals surface area contributed by atoms with Gasteiger partial charge in [0.2, 0.25) is 0 Å². The van der Waals surface area contributed by atoms with Gasteiger partial charge in [-0.1, -0.05) is 0 Å². The predicted octanol–water partition coefficient (Wildman–Crippen LogP) is 4.11. The zero-order chi connectivity index (χ0) is 15.6. The minimum absolute atomic E-state index is 0.0632. The molecule has 0 spiro atoms. The summed E-state index contributed by atoms with van der Waals surface area (Å²) in [6, 6.07) is 0. The molecule has 1 aromatic heterocycles. The zero-order valence-corrected chi connectivity index (χ0v) is 13.1. The van der Waals surface area contributed by atoms with E-state index in [-0.39, 0.29) is 18.9 Å². The Labute approximate surface area is 126 Å². The summed E-state index contributed by atoms with van der Waals surface area (Å²) in [4.78, 5) is 4.15. The molecule has 1 aliphatic heterocycles. The average molecular weight is 319 g/mol. The first-order chi connectivity index (χ1) is 9.51. The van der Waals surface area contributed by atoms with Crippen molar-refractivity contribution in [2.24, 2.45) is 0 Å². The number of nitrogens with zero attached hydrogens (tertiary/aromatic N) is 1. The van der Waals surface area contributed by atoms with Crippen LogP contribution in [-0.4, -0.2) is 23.3 Å². The molecule has 1 aliphatic carbocycles. The van der Waals surface area contributed by atoms with Gasteiger partial charge in [0.15, 0.2) is 5.01 Å².